The van der Waals surface area contributed by atoms with Crippen LogP contribution in [0.15, 0.2) is 48.8 Å². The minimum atomic E-state index is -2.93. The molecule has 1 amide bonds. The van der Waals surface area contributed by atoms with Crippen molar-refractivity contribution in [2.75, 3.05) is 38.2 Å². The minimum absolute atomic E-state index is 0.0480. The Hall–Kier alpha value is -3.16. The first-order valence-corrected chi connectivity index (χ1v) is 8.81. The molecule has 0 atom stereocenters. The van der Waals surface area contributed by atoms with Crippen LogP contribution in [-0.2, 0) is 4.79 Å². The third-order valence-corrected chi connectivity index (χ3v) is 4.44. The second-order valence-electron chi connectivity index (χ2n) is 6.14. The third kappa shape index (κ3) is 4.97. The number of pyridine rings is 1. The van der Waals surface area contributed by atoms with Gasteiger partial charge in [0.25, 0.3) is 0 Å². The smallest absolute Gasteiger partial charge is 0.387 e. The average Bonchev–Trinajstić information content (AvgIpc) is 2.73. The zero-order chi connectivity index (χ0) is 19.9. The highest BCUT2D eigenvalue weighted by Gasteiger charge is 2.19. The maximum atomic E-state index is 12.4. The molecule has 6 nitrogen and oxygen atoms in total. The Kier molecular flexibility index (Phi) is 6.41. The number of hydrogen-bond acceptors (Lipinski definition) is 5. The lowest BCUT2D eigenvalue weighted by Gasteiger charge is -2.35. The van der Waals surface area contributed by atoms with Gasteiger partial charge in [-0.3, -0.25) is 9.78 Å². The van der Waals surface area contributed by atoms with Crippen LogP contribution < -0.4 is 14.4 Å². The molecule has 28 heavy (non-hydrogen) atoms. The van der Waals surface area contributed by atoms with E-state index in [1.807, 2.05) is 12.1 Å². The molecule has 1 aliphatic heterocycles. The van der Waals surface area contributed by atoms with Crippen molar-refractivity contribution in [3.8, 4) is 11.5 Å². The van der Waals surface area contributed by atoms with Crippen LogP contribution in [0.2, 0.25) is 0 Å². The van der Waals surface area contributed by atoms with E-state index in [2.05, 4.69) is 14.6 Å². The Morgan fingerprint density at radius 3 is 2.46 bits per heavy atom. The zero-order valence-corrected chi connectivity index (χ0v) is 15.4. The number of alkyl halides is 2. The molecular weight excluding hydrogens is 368 g/mol. The molecule has 0 spiro atoms. The Morgan fingerprint density at radius 2 is 1.82 bits per heavy atom. The van der Waals surface area contributed by atoms with Crippen molar-refractivity contribution in [3.63, 3.8) is 0 Å². The van der Waals surface area contributed by atoms with Crippen LogP contribution in [0.25, 0.3) is 6.08 Å². The van der Waals surface area contributed by atoms with Gasteiger partial charge in [0.1, 0.15) is 0 Å². The van der Waals surface area contributed by atoms with Crippen molar-refractivity contribution in [2.45, 2.75) is 6.61 Å². The van der Waals surface area contributed by atoms with Gasteiger partial charge < -0.3 is 19.3 Å². The first-order valence-electron chi connectivity index (χ1n) is 8.81. The number of aromatic nitrogens is 1. The lowest BCUT2D eigenvalue weighted by Crippen LogP contribution is -2.48. The molecular formula is C20H21F2N3O3. The fourth-order valence-corrected chi connectivity index (χ4v) is 2.99. The summed E-state index contributed by atoms with van der Waals surface area (Å²) in [5, 5.41) is 0. The van der Waals surface area contributed by atoms with Crippen molar-refractivity contribution in [1.29, 1.82) is 0 Å². The Bertz CT molecular complexity index is 823. The van der Waals surface area contributed by atoms with Crippen LogP contribution in [0.4, 0.5) is 14.5 Å². The number of carbonyl (C=O) groups is 1. The molecule has 0 saturated carbocycles. The summed E-state index contributed by atoms with van der Waals surface area (Å²) in [5.74, 6) is 0.0373. The number of benzene rings is 1. The number of nitrogens with zero attached hydrogens (tertiary/aromatic N) is 3. The van der Waals surface area contributed by atoms with Gasteiger partial charge in [0, 0.05) is 50.3 Å². The number of ether oxygens (including phenoxy) is 2. The van der Waals surface area contributed by atoms with Crippen molar-refractivity contribution in [1.82, 2.24) is 9.88 Å². The first kappa shape index (κ1) is 19.6. The molecule has 8 heteroatoms. The molecule has 3 rings (SSSR count). The summed E-state index contributed by atoms with van der Waals surface area (Å²) in [5.41, 5.74) is 1.75. The molecule has 1 fully saturated rings. The normalized spacial score (nSPS) is 14.6. The van der Waals surface area contributed by atoms with Gasteiger partial charge in [-0.1, -0.05) is 6.07 Å². The van der Waals surface area contributed by atoms with Gasteiger partial charge in [-0.05, 0) is 35.9 Å². The van der Waals surface area contributed by atoms with Gasteiger partial charge in [-0.2, -0.15) is 8.78 Å². The van der Waals surface area contributed by atoms with Gasteiger partial charge in [-0.15, -0.1) is 0 Å². The van der Waals surface area contributed by atoms with E-state index >= 15 is 0 Å². The van der Waals surface area contributed by atoms with Gasteiger partial charge in [0.2, 0.25) is 5.91 Å². The molecule has 1 aliphatic rings. The third-order valence-electron chi connectivity index (χ3n) is 4.44. The molecule has 2 aromatic rings. The Morgan fingerprint density at radius 1 is 1.11 bits per heavy atom. The predicted octanol–water partition coefficient (Wildman–Crippen LogP) is 3.05. The van der Waals surface area contributed by atoms with Crippen LogP contribution in [0.3, 0.4) is 0 Å². The highest BCUT2D eigenvalue weighted by atomic mass is 19.3. The van der Waals surface area contributed by atoms with E-state index in [0.717, 1.165) is 18.8 Å². The number of anilines is 1. The Labute approximate surface area is 162 Å². The number of rotatable bonds is 6. The minimum Gasteiger partial charge on any atom is -0.493 e. The molecule has 0 aliphatic carbocycles. The summed E-state index contributed by atoms with van der Waals surface area (Å²) in [6, 6.07) is 8.43. The van der Waals surface area contributed by atoms with Gasteiger partial charge in [0.05, 0.1) is 7.11 Å². The van der Waals surface area contributed by atoms with Crippen molar-refractivity contribution < 1.29 is 23.0 Å². The van der Waals surface area contributed by atoms with E-state index in [9.17, 15) is 13.6 Å². The molecule has 0 unspecified atom stereocenters. The molecule has 1 aromatic heterocycles. The lowest BCUT2D eigenvalue weighted by molar-refractivity contribution is -0.126. The molecule has 0 radical (unpaired) electrons. The van der Waals surface area contributed by atoms with Crippen molar-refractivity contribution in [3.05, 3.63) is 54.4 Å². The number of methoxy groups -OCH3 is 1. The average molecular weight is 389 g/mol. The highest BCUT2D eigenvalue weighted by molar-refractivity contribution is 5.92. The van der Waals surface area contributed by atoms with Crippen LogP contribution in [0.1, 0.15) is 5.56 Å². The van der Waals surface area contributed by atoms with Crippen LogP contribution in [-0.4, -0.2) is 55.7 Å². The fourth-order valence-electron chi connectivity index (χ4n) is 2.99. The standard InChI is InChI=1S/C20H21F2N3O3/c1-27-18-14-15(2-4-17(18)28-20(21)22)3-5-19(26)25-12-10-24(11-13-25)16-6-8-23-9-7-16/h2-9,14,20H,10-13H2,1H3/b5-3+. The van der Waals surface area contributed by atoms with Gasteiger partial charge >= 0.3 is 6.61 Å². The lowest BCUT2D eigenvalue weighted by atomic mass is 10.2. The number of carbonyl (C=O) groups excluding carboxylic acids is 1. The van der Waals surface area contributed by atoms with Crippen LogP contribution in [0.5, 0.6) is 11.5 Å². The van der Waals surface area contributed by atoms with E-state index in [1.54, 1.807) is 35.5 Å². The number of hydrogen-bond donors (Lipinski definition) is 0. The summed E-state index contributed by atoms with van der Waals surface area (Å²) in [7, 11) is 1.37. The second-order valence-corrected chi connectivity index (χ2v) is 6.14. The quantitative estimate of drug-likeness (QED) is 0.711. The first-order chi connectivity index (χ1) is 13.6. The van der Waals surface area contributed by atoms with E-state index in [-0.39, 0.29) is 17.4 Å². The van der Waals surface area contributed by atoms with Crippen LogP contribution in [0, 0.1) is 0 Å². The monoisotopic (exact) mass is 389 g/mol. The molecule has 1 aromatic carbocycles. The molecule has 148 valence electrons. The molecule has 0 bridgehead atoms. The SMILES string of the molecule is COc1cc(/C=C/C(=O)N2CCN(c3ccncc3)CC2)ccc1OC(F)F. The van der Waals surface area contributed by atoms with E-state index < -0.39 is 6.61 Å². The summed E-state index contributed by atoms with van der Waals surface area (Å²) < 4.78 is 34.2. The number of amides is 1. The van der Waals surface area contributed by atoms with Crippen molar-refractivity contribution >= 4 is 17.7 Å². The summed E-state index contributed by atoms with van der Waals surface area (Å²) in [6.45, 7) is -0.192. The Balaban J connectivity index is 1.58. The number of piperazine rings is 1. The van der Waals surface area contributed by atoms with Crippen molar-refractivity contribution in [2.24, 2.45) is 0 Å². The highest BCUT2D eigenvalue weighted by Crippen LogP contribution is 2.29. The molecule has 0 N–H and O–H groups in total. The van der Waals surface area contributed by atoms with E-state index in [0.29, 0.717) is 18.7 Å². The van der Waals surface area contributed by atoms with Crippen LogP contribution >= 0.6 is 0 Å². The maximum absolute atomic E-state index is 12.4. The molecule has 2 heterocycles. The summed E-state index contributed by atoms with van der Waals surface area (Å²) in [6.07, 6.45) is 6.61. The largest absolute Gasteiger partial charge is 0.493 e. The summed E-state index contributed by atoms with van der Waals surface area (Å²) in [4.78, 5) is 20.4. The van der Waals surface area contributed by atoms with E-state index in [4.69, 9.17) is 4.74 Å². The maximum Gasteiger partial charge on any atom is 0.387 e. The van der Waals surface area contributed by atoms with E-state index in [1.165, 1.54) is 19.3 Å². The predicted molar refractivity (Wildman–Crippen MR) is 102 cm³/mol. The second kappa shape index (κ2) is 9.16. The summed E-state index contributed by atoms with van der Waals surface area (Å²) >= 11 is 0. The van der Waals surface area contributed by atoms with Gasteiger partial charge in [-0.25, -0.2) is 0 Å². The van der Waals surface area contributed by atoms with Gasteiger partial charge in [0.15, 0.2) is 11.5 Å². The topological polar surface area (TPSA) is 54.9 Å². The molecule has 1 saturated heterocycles. The zero-order valence-electron chi connectivity index (χ0n) is 15.4. The number of halogens is 2. The fraction of sp³-hybridized carbons (Fsp3) is 0.300.